The van der Waals surface area contributed by atoms with Crippen LogP contribution < -0.4 is 16.0 Å². The fourth-order valence-corrected chi connectivity index (χ4v) is 1.71. The van der Waals surface area contributed by atoms with Gasteiger partial charge in [-0.15, -0.1) is 0 Å². The normalized spacial score (nSPS) is 10.4. The highest BCUT2D eigenvalue weighted by Crippen LogP contribution is 2.22. The molecule has 94 valence electrons. The van der Waals surface area contributed by atoms with Crippen molar-refractivity contribution in [3.8, 4) is 5.75 Å². The number of nitrogens with one attached hydrogen (secondary N) is 1. The fraction of sp³-hybridized carbons (Fsp3) is 0.231. The molecule has 5 heteroatoms. The fourth-order valence-electron chi connectivity index (χ4n) is 1.71. The van der Waals surface area contributed by atoms with E-state index >= 15 is 0 Å². The van der Waals surface area contributed by atoms with Crippen molar-refractivity contribution >= 4 is 16.8 Å². The lowest BCUT2D eigenvalue weighted by atomic mass is 10.2. The molecule has 0 fully saturated rings. The number of pyridine rings is 1. The first-order valence-corrected chi connectivity index (χ1v) is 5.70. The third kappa shape index (κ3) is 2.88. The van der Waals surface area contributed by atoms with Crippen LogP contribution in [0.25, 0.3) is 10.9 Å². The molecule has 18 heavy (non-hydrogen) atoms. The average Bonchev–Trinajstić information content (AvgIpc) is 2.34. The average molecular weight is 246 g/mol. The van der Waals surface area contributed by atoms with Gasteiger partial charge >= 0.3 is 0 Å². The Bertz CT molecular complexity index is 619. The SMILES string of the molecule is NC(=O)CCCOc1cccc2[nH]c(=O)ccc12. The first-order valence-electron chi connectivity index (χ1n) is 5.70. The lowest BCUT2D eigenvalue weighted by Crippen LogP contribution is -2.12. The van der Waals surface area contributed by atoms with E-state index < -0.39 is 0 Å². The number of aromatic amines is 1. The molecule has 5 nitrogen and oxygen atoms in total. The number of carbonyl (C=O) groups is 1. The highest BCUT2D eigenvalue weighted by molar-refractivity contribution is 5.84. The van der Waals surface area contributed by atoms with E-state index in [0.717, 1.165) is 10.9 Å². The summed E-state index contributed by atoms with van der Waals surface area (Å²) in [5.41, 5.74) is 5.63. The summed E-state index contributed by atoms with van der Waals surface area (Å²) in [4.78, 5) is 24.5. The van der Waals surface area contributed by atoms with Crippen molar-refractivity contribution in [1.82, 2.24) is 4.98 Å². The molecule has 1 amide bonds. The first kappa shape index (κ1) is 12.2. The summed E-state index contributed by atoms with van der Waals surface area (Å²) in [6, 6.07) is 8.62. The second kappa shape index (κ2) is 5.35. The molecule has 0 unspecified atom stereocenters. The van der Waals surface area contributed by atoms with Crippen LogP contribution in [0.3, 0.4) is 0 Å². The molecule has 3 N–H and O–H groups in total. The Kier molecular flexibility index (Phi) is 3.62. The van der Waals surface area contributed by atoms with Crippen molar-refractivity contribution in [2.75, 3.05) is 6.61 Å². The summed E-state index contributed by atoms with van der Waals surface area (Å²) < 4.78 is 5.58. The molecule has 1 aromatic heterocycles. The zero-order chi connectivity index (χ0) is 13.0. The van der Waals surface area contributed by atoms with E-state index in [-0.39, 0.29) is 11.5 Å². The maximum absolute atomic E-state index is 11.2. The molecule has 0 aliphatic carbocycles. The Morgan fingerprint density at radius 2 is 2.11 bits per heavy atom. The van der Waals surface area contributed by atoms with Crippen LogP contribution >= 0.6 is 0 Å². The zero-order valence-corrected chi connectivity index (χ0v) is 9.81. The van der Waals surface area contributed by atoms with Gasteiger partial charge in [-0.25, -0.2) is 0 Å². The van der Waals surface area contributed by atoms with Crippen LogP contribution in [-0.4, -0.2) is 17.5 Å². The van der Waals surface area contributed by atoms with Gasteiger partial charge < -0.3 is 15.5 Å². The number of H-pyrrole nitrogens is 1. The van der Waals surface area contributed by atoms with E-state index in [1.807, 2.05) is 18.2 Å². The maximum Gasteiger partial charge on any atom is 0.248 e. The van der Waals surface area contributed by atoms with Crippen LogP contribution in [0.4, 0.5) is 0 Å². The number of primary amides is 1. The van der Waals surface area contributed by atoms with Gasteiger partial charge in [0.15, 0.2) is 0 Å². The number of amides is 1. The number of nitrogens with two attached hydrogens (primary N) is 1. The second-order valence-corrected chi connectivity index (χ2v) is 3.96. The molecule has 0 atom stereocenters. The van der Waals surface area contributed by atoms with Crippen LogP contribution in [0.5, 0.6) is 5.75 Å². The molecule has 0 aliphatic rings. The molecule has 0 saturated carbocycles. The lowest BCUT2D eigenvalue weighted by Gasteiger charge is -2.08. The van der Waals surface area contributed by atoms with Crippen LogP contribution in [0, 0.1) is 0 Å². The Balaban J connectivity index is 2.13. The van der Waals surface area contributed by atoms with E-state index in [1.54, 1.807) is 6.07 Å². The molecule has 2 rings (SSSR count). The highest BCUT2D eigenvalue weighted by atomic mass is 16.5. The minimum absolute atomic E-state index is 0.145. The number of carbonyl (C=O) groups excluding carboxylic acids is 1. The first-order chi connectivity index (χ1) is 8.66. The summed E-state index contributed by atoms with van der Waals surface area (Å²) >= 11 is 0. The van der Waals surface area contributed by atoms with Gasteiger partial charge in [-0.1, -0.05) is 6.07 Å². The molecule has 0 saturated heterocycles. The molecular weight excluding hydrogens is 232 g/mol. The quantitative estimate of drug-likeness (QED) is 0.776. The van der Waals surface area contributed by atoms with E-state index in [4.69, 9.17) is 10.5 Å². The van der Waals surface area contributed by atoms with Crippen LogP contribution in [0.2, 0.25) is 0 Å². The van der Waals surface area contributed by atoms with Gasteiger partial charge in [0.2, 0.25) is 11.5 Å². The third-order valence-corrected chi connectivity index (χ3v) is 2.55. The van der Waals surface area contributed by atoms with Gasteiger partial charge in [0.05, 0.1) is 12.1 Å². The number of fused-ring (bicyclic) bond motifs is 1. The lowest BCUT2D eigenvalue weighted by molar-refractivity contribution is -0.118. The topological polar surface area (TPSA) is 85.2 Å². The Morgan fingerprint density at radius 1 is 1.28 bits per heavy atom. The molecule has 1 aromatic carbocycles. The molecule has 0 radical (unpaired) electrons. The molecule has 0 spiro atoms. The number of aromatic nitrogens is 1. The summed E-state index contributed by atoms with van der Waals surface area (Å²) in [5, 5.41) is 0.844. The van der Waals surface area contributed by atoms with Crippen molar-refractivity contribution < 1.29 is 9.53 Å². The van der Waals surface area contributed by atoms with Crippen molar-refractivity contribution in [3.63, 3.8) is 0 Å². The van der Waals surface area contributed by atoms with Crippen LogP contribution in [-0.2, 0) is 4.79 Å². The van der Waals surface area contributed by atoms with E-state index in [2.05, 4.69) is 4.98 Å². The van der Waals surface area contributed by atoms with Crippen molar-refractivity contribution in [2.45, 2.75) is 12.8 Å². The minimum Gasteiger partial charge on any atom is -0.493 e. The van der Waals surface area contributed by atoms with Gasteiger partial charge in [-0.2, -0.15) is 0 Å². The third-order valence-electron chi connectivity index (χ3n) is 2.55. The Labute approximate surface area is 104 Å². The second-order valence-electron chi connectivity index (χ2n) is 3.96. The monoisotopic (exact) mass is 246 g/mol. The molecule has 0 aliphatic heterocycles. The smallest absolute Gasteiger partial charge is 0.248 e. The predicted molar refractivity (Wildman–Crippen MR) is 68.5 cm³/mol. The van der Waals surface area contributed by atoms with Gasteiger partial charge in [0.25, 0.3) is 0 Å². The largest absolute Gasteiger partial charge is 0.493 e. The molecule has 0 bridgehead atoms. The predicted octanol–water partition coefficient (Wildman–Crippen LogP) is 1.17. The van der Waals surface area contributed by atoms with E-state index in [1.165, 1.54) is 6.07 Å². The van der Waals surface area contributed by atoms with Crippen molar-refractivity contribution in [3.05, 3.63) is 40.7 Å². The highest BCUT2D eigenvalue weighted by Gasteiger charge is 2.02. The molecule has 2 aromatic rings. The summed E-state index contributed by atoms with van der Waals surface area (Å²) in [5.74, 6) is 0.356. The summed E-state index contributed by atoms with van der Waals surface area (Å²) in [6.45, 7) is 0.418. The number of hydrogen-bond acceptors (Lipinski definition) is 3. The van der Waals surface area contributed by atoms with Crippen LogP contribution in [0.1, 0.15) is 12.8 Å². The van der Waals surface area contributed by atoms with Crippen LogP contribution in [0.15, 0.2) is 35.1 Å². The van der Waals surface area contributed by atoms with Gasteiger partial charge in [0.1, 0.15) is 5.75 Å². The van der Waals surface area contributed by atoms with Gasteiger partial charge in [-0.05, 0) is 24.6 Å². The zero-order valence-electron chi connectivity index (χ0n) is 9.81. The minimum atomic E-state index is -0.333. The Hall–Kier alpha value is -2.30. The standard InChI is InChI=1S/C13H14N2O3/c14-12(16)5-2-8-18-11-4-1-3-10-9(11)6-7-13(17)15-10/h1,3-4,6-7H,2,5,8H2,(H2,14,16)(H,15,17). The van der Waals surface area contributed by atoms with Crippen molar-refractivity contribution in [1.29, 1.82) is 0 Å². The summed E-state index contributed by atoms with van der Waals surface area (Å²) in [7, 11) is 0. The van der Waals surface area contributed by atoms with Crippen molar-refractivity contribution in [2.24, 2.45) is 5.73 Å². The molecule has 1 heterocycles. The number of ether oxygens (including phenoxy) is 1. The van der Waals surface area contributed by atoms with Gasteiger partial charge in [0, 0.05) is 17.9 Å². The van der Waals surface area contributed by atoms with E-state index in [9.17, 15) is 9.59 Å². The maximum atomic E-state index is 11.2. The number of benzene rings is 1. The number of rotatable bonds is 5. The van der Waals surface area contributed by atoms with E-state index in [0.29, 0.717) is 25.2 Å². The van der Waals surface area contributed by atoms with Gasteiger partial charge in [-0.3, -0.25) is 9.59 Å². The summed E-state index contributed by atoms with van der Waals surface area (Å²) in [6.07, 6.45) is 0.886. The Morgan fingerprint density at radius 3 is 2.89 bits per heavy atom. The molecular formula is C13H14N2O3. The number of hydrogen-bond donors (Lipinski definition) is 2.